The molecule has 206 valence electrons. The lowest BCUT2D eigenvalue weighted by atomic mass is 9.82. The average molecular weight is 547 g/mol. The maximum Gasteiger partial charge on any atom is 0.211 e. The summed E-state index contributed by atoms with van der Waals surface area (Å²) in [7, 11) is 0. The molecule has 4 nitrogen and oxygen atoms in total. The van der Waals surface area contributed by atoms with Crippen LogP contribution < -0.4 is 5.32 Å². The first kappa shape index (κ1) is 25.0. The van der Waals surface area contributed by atoms with Crippen LogP contribution in [0.5, 0.6) is 0 Å². The zero-order valence-electron chi connectivity index (χ0n) is 24.5. The summed E-state index contributed by atoms with van der Waals surface area (Å²) >= 11 is 0. The predicted octanol–water partition coefficient (Wildman–Crippen LogP) is 8.70. The summed E-state index contributed by atoms with van der Waals surface area (Å²) in [5.41, 5.74) is 8.98. The summed E-state index contributed by atoms with van der Waals surface area (Å²) in [5, 5.41) is 6.15. The second kappa shape index (κ2) is 8.90. The highest BCUT2D eigenvalue weighted by molar-refractivity contribution is 6.20. The predicted molar refractivity (Wildman–Crippen MR) is 175 cm³/mol. The van der Waals surface area contributed by atoms with Gasteiger partial charge >= 0.3 is 0 Å². The summed E-state index contributed by atoms with van der Waals surface area (Å²) in [6.45, 7) is 9.04. The number of hydrogen-bond donors (Lipinski definition) is 1. The molecule has 2 atom stereocenters. The Bertz CT molecular complexity index is 2040. The minimum absolute atomic E-state index is 0.0945. The Morgan fingerprint density at radius 3 is 2.33 bits per heavy atom. The van der Waals surface area contributed by atoms with Crippen LogP contribution in [0.15, 0.2) is 125 Å². The van der Waals surface area contributed by atoms with Crippen molar-refractivity contribution in [2.45, 2.75) is 45.2 Å². The fraction of sp³-hybridized carbons (Fsp3) is 0.211. The number of aliphatic imine (C=N–C) groups is 2. The summed E-state index contributed by atoms with van der Waals surface area (Å²) in [5.74, 6) is 2.17. The van der Waals surface area contributed by atoms with E-state index in [0.29, 0.717) is 5.92 Å². The Morgan fingerprint density at radius 1 is 0.762 bits per heavy atom. The van der Waals surface area contributed by atoms with Gasteiger partial charge in [-0.1, -0.05) is 112 Å². The van der Waals surface area contributed by atoms with E-state index in [1.807, 2.05) is 6.07 Å². The molecule has 0 fully saturated rings. The Morgan fingerprint density at radius 2 is 1.52 bits per heavy atom. The average Bonchev–Trinajstić information content (AvgIpc) is 3.45. The zero-order valence-corrected chi connectivity index (χ0v) is 24.5. The molecular weight excluding hydrogens is 512 g/mol. The number of benzene rings is 4. The lowest BCUT2D eigenvalue weighted by Gasteiger charge is -2.31. The van der Waals surface area contributed by atoms with E-state index in [2.05, 4.69) is 141 Å². The van der Waals surface area contributed by atoms with E-state index in [-0.39, 0.29) is 5.41 Å². The largest absolute Gasteiger partial charge is 0.310 e. The van der Waals surface area contributed by atoms with Crippen molar-refractivity contribution in [3.8, 4) is 11.1 Å². The fourth-order valence-electron chi connectivity index (χ4n) is 7.03. The highest BCUT2D eigenvalue weighted by atomic mass is 15.3. The van der Waals surface area contributed by atoms with E-state index >= 15 is 0 Å². The van der Waals surface area contributed by atoms with Gasteiger partial charge in [0.15, 0.2) is 5.66 Å². The molecule has 8 rings (SSSR count). The number of nitrogens with zero attached hydrogens (tertiary/aromatic N) is 3. The van der Waals surface area contributed by atoms with Gasteiger partial charge in [-0.05, 0) is 59.7 Å². The molecule has 42 heavy (non-hydrogen) atoms. The van der Waals surface area contributed by atoms with Crippen LogP contribution in [0.25, 0.3) is 32.9 Å². The number of aromatic nitrogens is 1. The third-order valence-electron chi connectivity index (χ3n) is 9.38. The monoisotopic (exact) mass is 546 g/mol. The van der Waals surface area contributed by atoms with Gasteiger partial charge in [0.2, 0.25) is 5.96 Å². The highest BCUT2D eigenvalue weighted by Gasteiger charge is 2.37. The van der Waals surface area contributed by atoms with Gasteiger partial charge < -0.3 is 5.32 Å². The molecule has 4 aromatic carbocycles. The molecule has 1 aliphatic heterocycles. The SMILES string of the molecule is CC1C=CC(C2=NC(C)(c3ccccc3)N=C(n3c4ccccc4c4cc5c(cc43)C(C)(C)c3ccccc3-5)N2)=CC1. The molecule has 0 amide bonds. The topological polar surface area (TPSA) is 41.7 Å². The number of amidine groups is 1. The maximum atomic E-state index is 5.39. The summed E-state index contributed by atoms with van der Waals surface area (Å²) in [6.07, 6.45) is 7.77. The maximum absolute atomic E-state index is 5.39. The molecule has 2 heterocycles. The quantitative estimate of drug-likeness (QED) is 0.236. The third kappa shape index (κ3) is 3.61. The van der Waals surface area contributed by atoms with E-state index in [4.69, 9.17) is 9.98 Å². The van der Waals surface area contributed by atoms with Crippen molar-refractivity contribution < 1.29 is 0 Å². The highest BCUT2D eigenvalue weighted by Crippen LogP contribution is 2.50. The Hall–Kier alpha value is -4.70. The number of nitrogens with one attached hydrogen (secondary N) is 1. The third-order valence-corrected chi connectivity index (χ3v) is 9.38. The molecule has 0 saturated carbocycles. The standard InChI is InChI=1S/C38H34N4/c1-24-18-20-25(21-19-24)35-39-36(41-38(4,40-35)26-12-6-5-7-13-26)42-33-17-11-9-15-28(33)30-22-29-27-14-8-10-16-31(27)37(2,3)32(29)23-34(30)42/h5-18,20-24H,19H2,1-4H3,(H,39,40,41). The van der Waals surface area contributed by atoms with E-state index < -0.39 is 5.66 Å². The minimum atomic E-state index is -0.779. The molecule has 3 aliphatic rings. The second-order valence-corrected chi connectivity index (χ2v) is 12.6. The first-order valence-electron chi connectivity index (χ1n) is 14.9. The van der Waals surface area contributed by atoms with Crippen molar-refractivity contribution >= 4 is 33.6 Å². The first-order valence-corrected chi connectivity index (χ1v) is 14.9. The molecule has 5 aromatic rings. The lowest BCUT2D eigenvalue weighted by molar-refractivity contribution is 0.514. The summed E-state index contributed by atoms with van der Waals surface area (Å²) in [6, 6.07) is 32.8. The van der Waals surface area contributed by atoms with Gasteiger partial charge in [-0.25, -0.2) is 9.98 Å². The number of allylic oxidation sites excluding steroid dienone is 2. The smallest absolute Gasteiger partial charge is 0.211 e. The number of fused-ring (bicyclic) bond motifs is 6. The van der Waals surface area contributed by atoms with Crippen LogP contribution in [0, 0.1) is 5.92 Å². The number of hydrogen-bond acceptors (Lipinski definition) is 3. The van der Waals surface area contributed by atoms with Gasteiger partial charge in [0.25, 0.3) is 0 Å². The molecule has 0 saturated heterocycles. The Balaban J connectivity index is 1.39. The van der Waals surface area contributed by atoms with Crippen molar-refractivity contribution in [1.82, 2.24) is 9.88 Å². The minimum Gasteiger partial charge on any atom is -0.310 e. The number of rotatable bonds is 2. The first-order chi connectivity index (χ1) is 20.3. The van der Waals surface area contributed by atoms with E-state index in [0.717, 1.165) is 40.4 Å². The molecule has 2 aliphatic carbocycles. The molecule has 0 bridgehead atoms. The normalized spacial score (nSPS) is 22.3. The molecule has 1 aromatic heterocycles. The van der Waals surface area contributed by atoms with Crippen molar-refractivity contribution in [3.05, 3.63) is 131 Å². The lowest BCUT2D eigenvalue weighted by Crippen LogP contribution is -2.44. The summed E-state index contributed by atoms with van der Waals surface area (Å²) in [4.78, 5) is 10.6. The molecule has 1 N–H and O–H groups in total. The van der Waals surface area contributed by atoms with Crippen LogP contribution in [-0.2, 0) is 11.1 Å². The van der Waals surface area contributed by atoms with Gasteiger partial charge in [-0.15, -0.1) is 0 Å². The van der Waals surface area contributed by atoms with E-state index in [1.54, 1.807) is 0 Å². The van der Waals surface area contributed by atoms with Crippen molar-refractivity contribution in [3.63, 3.8) is 0 Å². The van der Waals surface area contributed by atoms with Gasteiger partial charge in [0.05, 0.1) is 11.0 Å². The van der Waals surface area contributed by atoms with E-state index in [9.17, 15) is 0 Å². The second-order valence-electron chi connectivity index (χ2n) is 12.6. The van der Waals surface area contributed by atoms with Crippen LogP contribution >= 0.6 is 0 Å². The van der Waals surface area contributed by atoms with Crippen molar-refractivity contribution in [2.24, 2.45) is 15.9 Å². The number of para-hydroxylation sites is 1. The molecule has 0 spiro atoms. The van der Waals surface area contributed by atoms with Crippen LogP contribution in [-0.4, -0.2) is 16.4 Å². The van der Waals surface area contributed by atoms with Gasteiger partial charge in [-0.3, -0.25) is 4.57 Å². The van der Waals surface area contributed by atoms with Gasteiger partial charge in [0.1, 0.15) is 5.84 Å². The molecule has 0 radical (unpaired) electrons. The van der Waals surface area contributed by atoms with Gasteiger partial charge in [0, 0.05) is 27.3 Å². The fourth-order valence-corrected chi connectivity index (χ4v) is 7.03. The molecule has 4 heteroatoms. The molecular formula is C38H34N4. The van der Waals surface area contributed by atoms with Crippen LogP contribution in [0.3, 0.4) is 0 Å². The van der Waals surface area contributed by atoms with Crippen LogP contribution in [0.2, 0.25) is 0 Å². The van der Waals surface area contributed by atoms with Crippen molar-refractivity contribution in [2.75, 3.05) is 0 Å². The zero-order chi connectivity index (χ0) is 28.6. The Kier molecular flexibility index (Phi) is 5.31. The molecule has 2 unspecified atom stereocenters. The summed E-state index contributed by atoms with van der Waals surface area (Å²) < 4.78 is 2.32. The van der Waals surface area contributed by atoms with E-state index in [1.165, 1.54) is 33.0 Å². The van der Waals surface area contributed by atoms with Gasteiger partial charge in [-0.2, -0.15) is 0 Å². The van der Waals surface area contributed by atoms with Crippen LogP contribution in [0.4, 0.5) is 0 Å². The van der Waals surface area contributed by atoms with Crippen molar-refractivity contribution in [1.29, 1.82) is 0 Å². The Labute approximate surface area is 246 Å². The van der Waals surface area contributed by atoms with Crippen LogP contribution in [0.1, 0.15) is 50.8 Å².